The predicted octanol–water partition coefficient (Wildman–Crippen LogP) is 3.09. The Hall–Kier alpha value is -3.72. The van der Waals surface area contributed by atoms with E-state index < -0.39 is 12.0 Å². The number of carbonyl (C=O) groups excluding carboxylic acids is 2. The van der Waals surface area contributed by atoms with Crippen molar-refractivity contribution < 1.29 is 23.8 Å². The Morgan fingerprint density at radius 1 is 1.00 bits per heavy atom. The second kappa shape index (κ2) is 11.8. The number of amides is 2. The molecule has 2 N–H and O–H groups in total. The number of carbonyl (C=O) groups is 2. The molecule has 2 heterocycles. The van der Waals surface area contributed by atoms with Crippen LogP contribution in [0.4, 0.5) is 10.5 Å². The molecule has 0 aliphatic carbocycles. The highest BCUT2D eigenvalue weighted by Gasteiger charge is 2.34. The van der Waals surface area contributed by atoms with Crippen molar-refractivity contribution in [3.63, 3.8) is 0 Å². The minimum absolute atomic E-state index is 0.247. The van der Waals surface area contributed by atoms with Crippen molar-refractivity contribution >= 4 is 17.7 Å². The lowest BCUT2D eigenvalue weighted by molar-refractivity contribution is -0.139. The molecule has 9 nitrogen and oxygen atoms in total. The second-order valence-electron chi connectivity index (χ2n) is 8.58. The largest absolute Gasteiger partial charge is 0.497 e. The van der Waals surface area contributed by atoms with Gasteiger partial charge in [0.2, 0.25) is 0 Å². The molecule has 2 amide bonds. The van der Waals surface area contributed by atoms with E-state index in [4.69, 9.17) is 14.2 Å². The van der Waals surface area contributed by atoms with Crippen LogP contribution in [0.1, 0.15) is 25.5 Å². The van der Waals surface area contributed by atoms with Gasteiger partial charge in [-0.25, -0.2) is 9.59 Å². The van der Waals surface area contributed by atoms with E-state index >= 15 is 0 Å². The van der Waals surface area contributed by atoms with Crippen LogP contribution < -0.4 is 25.0 Å². The quantitative estimate of drug-likeness (QED) is 0.518. The molecule has 0 aromatic heterocycles. The van der Waals surface area contributed by atoms with E-state index in [9.17, 15) is 9.59 Å². The molecule has 1 atom stereocenters. The fourth-order valence-corrected chi connectivity index (χ4v) is 4.61. The number of ether oxygens (including phenoxy) is 3. The Morgan fingerprint density at radius 3 is 2.39 bits per heavy atom. The molecule has 9 heteroatoms. The van der Waals surface area contributed by atoms with Crippen LogP contribution in [0.3, 0.4) is 0 Å². The summed E-state index contributed by atoms with van der Waals surface area (Å²) in [5.41, 5.74) is 2.86. The van der Waals surface area contributed by atoms with Crippen molar-refractivity contribution in [2.24, 2.45) is 0 Å². The minimum Gasteiger partial charge on any atom is -0.497 e. The van der Waals surface area contributed by atoms with Crippen LogP contribution in [0.2, 0.25) is 0 Å². The van der Waals surface area contributed by atoms with Crippen LogP contribution in [0.15, 0.2) is 59.8 Å². The van der Waals surface area contributed by atoms with Crippen LogP contribution in [0, 0.1) is 0 Å². The van der Waals surface area contributed by atoms with Gasteiger partial charge in [0.1, 0.15) is 11.5 Å². The summed E-state index contributed by atoms with van der Waals surface area (Å²) in [6.07, 6.45) is 0. The van der Waals surface area contributed by atoms with E-state index in [2.05, 4.69) is 26.5 Å². The predicted molar refractivity (Wildman–Crippen MR) is 137 cm³/mol. The molecule has 36 heavy (non-hydrogen) atoms. The molecule has 0 radical (unpaired) electrons. The van der Waals surface area contributed by atoms with Crippen molar-refractivity contribution in [2.75, 3.05) is 57.9 Å². The van der Waals surface area contributed by atoms with Gasteiger partial charge in [-0.1, -0.05) is 24.3 Å². The standard InChI is InChI=1S/C27H34N4O5/c1-4-35-23-9-7-6-8-22(23)31-16-14-30(15-17-31)18-21-24(26(32)36-5-2)25(29-27(33)28-21)19-10-12-20(34-3)13-11-19/h6-13,25H,4-5,14-18H2,1-3H3,(H2,28,29,33). The Bertz CT molecular complexity index is 1090. The number of urea groups is 1. The zero-order valence-corrected chi connectivity index (χ0v) is 21.1. The summed E-state index contributed by atoms with van der Waals surface area (Å²) in [6, 6.07) is 14.4. The first-order chi connectivity index (χ1) is 17.5. The summed E-state index contributed by atoms with van der Waals surface area (Å²) in [4.78, 5) is 30.2. The number of benzene rings is 2. The molecule has 2 aliphatic rings. The molecule has 4 rings (SSSR count). The van der Waals surface area contributed by atoms with Gasteiger partial charge in [-0.05, 0) is 43.7 Å². The molecule has 1 saturated heterocycles. The molecular weight excluding hydrogens is 460 g/mol. The zero-order chi connectivity index (χ0) is 25.5. The highest BCUT2D eigenvalue weighted by molar-refractivity contribution is 5.95. The van der Waals surface area contributed by atoms with Gasteiger partial charge in [-0.15, -0.1) is 0 Å². The number of nitrogens with one attached hydrogen (secondary N) is 2. The van der Waals surface area contributed by atoms with Crippen LogP contribution in [0.5, 0.6) is 11.5 Å². The lowest BCUT2D eigenvalue weighted by Crippen LogP contribution is -2.51. The number of nitrogens with zero attached hydrogens (tertiary/aromatic N) is 2. The van der Waals surface area contributed by atoms with E-state index in [0.29, 0.717) is 30.2 Å². The SMILES string of the molecule is CCOC(=O)C1=C(CN2CCN(c3ccccc3OCC)CC2)NC(=O)NC1c1ccc(OC)cc1. The van der Waals surface area contributed by atoms with E-state index in [0.717, 1.165) is 43.2 Å². The van der Waals surface area contributed by atoms with Crippen LogP contribution in [-0.2, 0) is 9.53 Å². The zero-order valence-electron chi connectivity index (χ0n) is 21.1. The van der Waals surface area contributed by atoms with Gasteiger partial charge in [0.15, 0.2) is 0 Å². The summed E-state index contributed by atoms with van der Waals surface area (Å²) >= 11 is 0. The smallest absolute Gasteiger partial charge is 0.338 e. The molecule has 2 aromatic rings. The van der Waals surface area contributed by atoms with Crippen molar-refractivity contribution in [2.45, 2.75) is 19.9 Å². The van der Waals surface area contributed by atoms with E-state index in [1.54, 1.807) is 14.0 Å². The van der Waals surface area contributed by atoms with Crippen molar-refractivity contribution in [1.29, 1.82) is 0 Å². The van der Waals surface area contributed by atoms with E-state index in [-0.39, 0.29) is 12.6 Å². The number of hydrogen-bond donors (Lipinski definition) is 2. The topological polar surface area (TPSA) is 92.4 Å². The second-order valence-corrected chi connectivity index (χ2v) is 8.58. The maximum atomic E-state index is 13.1. The average Bonchev–Trinajstić information content (AvgIpc) is 2.89. The number of hydrogen-bond acceptors (Lipinski definition) is 7. The Morgan fingerprint density at radius 2 is 1.72 bits per heavy atom. The number of piperazine rings is 1. The average molecular weight is 495 g/mol. The third-order valence-electron chi connectivity index (χ3n) is 6.36. The van der Waals surface area contributed by atoms with E-state index in [1.807, 2.05) is 49.4 Å². The Kier molecular flexibility index (Phi) is 8.32. The normalized spacial score (nSPS) is 18.4. The monoisotopic (exact) mass is 494 g/mol. The molecule has 0 bridgehead atoms. The molecule has 1 fully saturated rings. The first kappa shape index (κ1) is 25.4. The lowest BCUT2D eigenvalue weighted by Gasteiger charge is -2.38. The van der Waals surface area contributed by atoms with Gasteiger partial charge >= 0.3 is 12.0 Å². The highest BCUT2D eigenvalue weighted by atomic mass is 16.5. The Labute approximate surface area is 212 Å². The fraction of sp³-hybridized carbons (Fsp3) is 0.407. The summed E-state index contributed by atoms with van der Waals surface area (Å²) in [5, 5.41) is 5.76. The van der Waals surface area contributed by atoms with Crippen molar-refractivity contribution in [3.05, 3.63) is 65.4 Å². The molecule has 2 aliphatic heterocycles. The molecule has 1 unspecified atom stereocenters. The summed E-state index contributed by atoms with van der Waals surface area (Å²) < 4.78 is 16.4. The van der Waals surface area contributed by atoms with Crippen LogP contribution in [0.25, 0.3) is 0 Å². The molecule has 0 saturated carbocycles. The number of esters is 1. The van der Waals surface area contributed by atoms with E-state index in [1.165, 1.54) is 0 Å². The lowest BCUT2D eigenvalue weighted by atomic mass is 9.94. The molecule has 0 spiro atoms. The van der Waals surface area contributed by atoms with Gasteiger partial charge in [0.25, 0.3) is 0 Å². The first-order valence-corrected chi connectivity index (χ1v) is 12.3. The maximum Gasteiger partial charge on any atom is 0.338 e. The van der Waals surface area contributed by atoms with Gasteiger partial charge in [0, 0.05) is 38.4 Å². The van der Waals surface area contributed by atoms with Crippen LogP contribution in [-0.4, -0.2) is 69.9 Å². The van der Waals surface area contributed by atoms with Gasteiger partial charge < -0.3 is 29.7 Å². The maximum absolute atomic E-state index is 13.1. The van der Waals surface area contributed by atoms with Crippen molar-refractivity contribution in [3.8, 4) is 11.5 Å². The molecule has 2 aromatic carbocycles. The fourth-order valence-electron chi connectivity index (χ4n) is 4.61. The van der Waals surface area contributed by atoms with Gasteiger partial charge in [-0.3, -0.25) is 4.90 Å². The molecular formula is C27H34N4O5. The summed E-state index contributed by atoms with van der Waals surface area (Å²) in [6.45, 7) is 8.22. The van der Waals surface area contributed by atoms with Gasteiger partial charge in [-0.2, -0.15) is 0 Å². The third-order valence-corrected chi connectivity index (χ3v) is 6.36. The van der Waals surface area contributed by atoms with Crippen LogP contribution >= 0.6 is 0 Å². The molecule has 192 valence electrons. The summed E-state index contributed by atoms with van der Waals surface area (Å²) in [7, 11) is 1.60. The summed E-state index contributed by atoms with van der Waals surface area (Å²) in [5.74, 6) is 1.14. The third kappa shape index (κ3) is 5.73. The minimum atomic E-state index is -0.613. The van der Waals surface area contributed by atoms with Crippen molar-refractivity contribution in [1.82, 2.24) is 15.5 Å². The number of rotatable bonds is 9. The first-order valence-electron chi connectivity index (χ1n) is 12.3. The Balaban J connectivity index is 1.54. The number of anilines is 1. The number of methoxy groups -OCH3 is 1. The van der Waals surface area contributed by atoms with Gasteiger partial charge in [0.05, 0.1) is 37.6 Å². The number of para-hydroxylation sites is 2. The highest BCUT2D eigenvalue weighted by Crippen LogP contribution is 2.31.